The van der Waals surface area contributed by atoms with E-state index in [1.165, 1.54) is 24.0 Å². The van der Waals surface area contributed by atoms with Gasteiger partial charge in [-0.3, -0.25) is 0 Å². The first-order valence-electron chi connectivity index (χ1n) is 5.73. The van der Waals surface area contributed by atoms with E-state index in [4.69, 9.17) is 0 Å². The van der Waals surface area contributed by atoms with Crippen LogP contribution < -0.4 is 0 Å². The molecule has 1 fully saturated rings. The van der Waals surface area contributed by atoms with Crippen LogP contribution in [0.5, 0.6) is 0 Å². The van der Waals surface area contributed by atoms with Crippen molar-refractivity contribution in [2.45, 2.75) is 18.3 Å². The maximum Gasteiger partial charge on any atom is 0.0203 e. The van der Waals surface area contributed by atoms with Crippen LogP contribution in [-0.2, 0) is 5.41 Å². The Morgan fingerprint density at radius 1 is 0.647 bits per heavy atom. The summed E-state index contributed by atoms with van der Waals surface area (Å²) in [4.78, 5) is 0. The number of halogens is 2. The average molecular weight is 352 g/mol. The van der Waals surface area contributed by atoms with Crippen LogP contribution >= 0.6 is 31.9 Å². The molecule has 0 amide bonds. The van der Waals surface area contributed by atoms with Gasteiger partial charge in [0.05, 0.1) is 0 Å². The number of rotatable bonds is 2. The lowest BCUT2D eigenvalue weighted by atomic mass is 9.88. The summed E-state index contributed by atoms with van der Waals surface area (Å²) < 4.78 is 2.29. The van der Waals surface area contributed by atoms with Gasteiger partial charge < -0.3 is 0 Å². The van der Waals surface area contributed by atoms with Gasteiger partial charge in [-0.25, -0.2) is 0 Å². The first kappa shape index (κ1) is 11.5. The summed E-state index contributed by atoms with van der Waals surface area (Å²) in [6.07, 6.45) is 2.52. The van der Waals surface area contributed by atoms with Crippen molar-refractivity contribution in [3.8, 4) is 0 Å². The van der Waals surface area contributed by atoms with Crippen molar-refractivity contribution in [2.75, 3.05) is 0 Å². The lowest BCUT2D eigenvalue weighted by molar-refractivity contribution is 0.846. The molecule has 0 saturated heterocycles. The van der Waals surface area contributed by atoms with E-state index in [-0.39, 0.29) is 5.41 Å². The zero-order valence-electron chi connectivity index (χ0n) is 9.29. The Hall–Kier alpha value is -0.600. The maximum absolute atomic E-state index is 3.49. The number of benzene rings is 2. The summed E-state index contributed by atoms with van der Waals surface area (Å²) in [5, 5.41) is 0. The maximum atomic E-state index is 3.49. The first-order chi connectivity index (χ1) is 8.21. The molecule has 0 nitrogen and oxygen atoms in total. The highest BCUT2D eigenvalue weighted by molar-refractivity contribution is 9.10. The highest BCUT2D eigenvalue weighted by Gasteiger charge is 2.45. The normalized spacial score (nSPS) is 16.8. The fourth-order valence-corrected chi connectivity index (χ4v) is 2.94. The summed E-state index contributed by atoms with van der Waals surface area (Å²) in [5.41, 5.74) is 3.15. The van der Waals surface area contributed by atoms with Gasteiger partial charge in [-0.05, 0) is 48.2 Å². The van der Waals surface area contributed by atoms with Crippen LogP contribution in [-0.4, -0.2) is 0 Å². The molecule has 0 heterocycles. The second-order valence-electron chi connectivity index (χ2n) is 4.60. The fourth-order valence-electron chi connectivity index (χ4n) is 2.41. The molecule has 2 heteroatoms. The second-order valence-corrected chi connectivity index (χ2v) is 6.43. The fraction of sp³-hybridized carbons (Fsp3) is 0.200. The predicted molar refractivity (Wildman–Crippen MR) is 78.3 cm³/mol. The molecule has 0 unspecified atom stereocenters. The molecule has 3 rings (SSSR count). The van der Waals surface area contributed by atoms with Gasteiger partial charge in [0.2, 0.25) is 0 Å². The van der Waals surface area contributed by atoms with Crippen LogP contribution in [0.1, 0.15) is 24.0 Å². The van der Waals surface area contributed by atoms with Crippen LogP contribution in [0.25, 0.3) is 0 Å². The largest absolute Gasteiger partial charge is 0.0570 e. The molecule has 2 aromatic rings. The van der Waals surface area contributed by atoms with Gasteiger partial charge in [0.1, 0.15) is 0 Å². The van der Waals surface area contributed by atoms with Crippen molar-refractivity contribution in [3.63, 3.8) is 0 Å². The Morgan fingerprint density at radius 2 is 1.00 bits per heavy atom. The SMILES string of the molecule is Brc1ccc(C2(c3ccc(Br)cc3)CC2)cc1. The molecule has 0 atom stereocenters. The van der Waals surface area contributed by atoms with Crippen molar-refractivity contribution >= 4 is 31.9 Å². The van der Waals surface area contributed by atoms with Gasteiger partial charge in [-0.15, -0.1) is 0 Å². The van der Waals surface area contributed by atoms with E-state index >= 15 is 0 Å². The molecule has 0 radical (unpaired) electrons. The van der Waals surface area contributed by atoms with E-state index in [0.717, 1.165) is 8.95 Å². The Morgan fingerprint density at radius 3 is 1.29 bits per heavy atom. The van der Waals surface area contributed by atoms with Gasteiger partial charge in [0.25, 0.3) is 0 Å². The van der Waals surface area contributed by atoms with Crippen molar-refractivity contribution in [1.82, 2.24) is 0 Å². The lowest BCUT2D eigenvalue weighted by Crippen LogP contribution is -2.07. The molecule has 0 aromatic heterocycles. The van der Waals surface area contributed by atoms with E-state index < -0.39 is 0 Å². The quantitative estimate of drug-likeness (QED) is 0.689. The zero-order valence-corrected chi connectivity index (χ0v) is 12.5. The van der Waals surface area contributed by atoms with E-state index in [9.17, 15) is 0 Å². The van der Waals surface area contributed by atoms with Crippen LogP contribution in [0.2, 0.25) is 0 Å². The molecule has 0 aliphatic heterocycles. The summed E-state index contributed by atoms with van der Waals surface area (Å²) >= 11 is 6.98. The summed E-state index contributed by atoms with van der Waals surface area (Å²) in [6, 6.07) is 17.5. The minimum Gasteiger partial charge on any atom is -0.0570 e. The van der Waals surface area contributed by atoms with E-state index in [0.29, 0.717) is 0 Å². The van der Waals surface area contributed by atoms with Crippen molar-refractivity contribution < 1.29 is 0 Å². The number of hydrogen-bond acceptors (Lipinski definition) is 0. The van der Waals surface area contributed by atoms with Gasteiger partial charge in [-0.2, -0.15) is 0 Å². The van der Waals surface area contributed by atoms with E-state index in [1.807, 2.05) is 0 Å². The minimum atomic E-state index is 0.279. The van der Waals surface area contributed by atoms with Gasteiger partial charge in [0, 0.05) is 14.4 Å². The Labute approximate surface area is 118 Å². The Kier molecular flexibility index (Phi) is 2.87. The molecule has 2 aromatic carbocycles. The van der Waals surface area contributed by atoms with Gasteiger partial charge in [-0.1, -0.05) is 56.1 Å². The van der Waals surface area contributed by atoms with Crippen LogP contribution in [0.15, 0.2) is 57.5 Å². The second kappa shape index (κ2) is 4.25. The highest BCUT2D eigenvalue weighted by atomic mass is 79.9. The molecule has 0 bridgehead atoms. The van der Waals surface area contributed by atoms with Gasteiger partial charge >= 0.3 is 0 Å². The highest BCUT2D eigenvalue weighted by Crippen LogP contribution is 2.53. The molecule has 1 aliphatic carbocycles. The Bertz CT molecular complexity index is 474. The summed E-state index contributed by atoms with van der Waals surface area (Å²) in [7, 11) is 0. The molecule has 86 valence electrons. The first-order valence-corrected chi connectivity index (χ1v) is 7.31. The smallest absolute Gasteiger partial charge is 0.0203 e. The molecule has 0 spiro atoms. The summed E-state index contributed by atoms with van der Waals surface area (Å²) in [6.45, 7) is 0. The molecular formula is C15H12Br2. The Balaban J connectivity index is 2.01. The van der Waals surface area contributed by atoms with Crippen LogP contribution in [0.4, 0.5) is 0 Å². The van der Waals surface area contributed by atoms with Crippen LogP contribution in [0.3, 0.4) is 0 Å². The molecule has 1 aliphatic rings. The third-order valence-electron chi connectivity index (χ3n) is 3.54. The molecular weight excluding hydrogens is 340 g/mol. The third kappa shape index (κ3) is 2.09. The average Bonchev–Trinajstić information content (AvgIpc) is 3.12. The monoisotopic (exact) mass is 350 g/mol. The molecule has 17 heavy (non-hydrogen) atoms. The van der Waals surface area contributed by atoms with Crippen molar-refractivity contribution in [3.05, 3.63) is 68.6 Å². The van der Waals surface area contributed by atoms with Crippen LogP contribution in [0, 0.1) is 0 Å². The van der Waals surface area contributed by atoms with Crippen molar-refractivity contribution in [1.29, 1.82) is 0 Å². The lowest BCUT2D eigenvalue weighted by Gasteiger charge is -2.16. The number of hydrogen-bond donors (Lipinski definition) is 0. The van der Waals surface area contributed by atoms with E-state index in [2.05, 4.69) is 80.4 Å². The topological polar surface area (TPSA) is 0 Å². The third-order valence-corrected chi connectivity index (χ3v) is 4.60. The zero-order chi connectivity index (χ0) is 11.9. The summed E-state index contributed by atoms with van der Waals surface area (Å²) in [5.74, 6) is 0. The predicted octanol–water partition coefficient (Wildman–Crippen LogP) is 5.29. The van der Waals surface area contributed by atoms with Gasteiger partial charge in [0.15, 0.2) is 0 Å². The van der Waals surface area contributed by atoms with Crippen molar-refractivity contribution in [2.24, 2.45) is 0 Å². The molecule has 1 saturated carbocycles. The minimum absolute atomic E-state index is 0.279. The standard InChI is InChI=1S/C15H12Br2/c16-13-5-1-11(2-6-13)15(9-10-15)12-3-7-14(17)8-4-12/h1-8H,9-10H2. The van der Waals surface area contributed by atoms with E-state index in [1.54, 1.807) is 0 Å². The molecule has 0 N–H and O–H groups in total.